The largest absolute Gasteiger partial charge is 0.358 e. The molecule has 6 heteroatoms. The summed E-state index contributed by atoms with van der Waals surface area (Å²) in [5, 5.41) is 8.35. The number of carbonyl (C=O) groups is 1. The number of H-pyrrole nitrogens is 1. The first-order chi connectivity index (χ1) is 13.6. The zero-order valence-corrected chi connectivity index (χ0v) is 17.2. The van der Waals surface area contributed by atoms with Gasteiger partial charge in [-0.2, -0.15) is 5.10 Å². The first-order valence-corrected chi connectivity index (χ1v) is 10.0. The second-order valence-electron chi connectivity index (χ2n) is 6.81. The average molecular weight is 437 g/mol. The number of rotatable bonds is 6. The van der Waals surface area contributed by atoms with Crippen molar-refractivity contribution in [3.05, 3.63) is 82.2 Å². The maximum Gasteiger partial charge on any atom is 0.224 e. The van der Waals surface area contributed by atoms with Crippen molar-refractivity contribution in [2.45, 2.75) is 19.8 Å². The Balaban J connectivity index is 1.34. The summed E-state index contributed by atoms with van der Waals surface area (Å²) in [5.41, 5.74) is 5.36. The summed E-state index contributed by atoms with van der Waals surface area (Å²) in [7, 11) is 0. The van der Waals surface area contributed by atoms with Gasteiger partial charge in [0.05, 0.1) is 12.1 Å². The zero-order valence-electron chi connectivity index (χ0n) is 15.6. The predicted molar refractivity (Wildman–Crippen MR) is 115 cm³/mol. The summed E-state index contributed by atoms with van der Waals surface area (Å²) in [6.45, 7) is 2.63. The lowest BCUT2D eigenvalue weighted by Gasteiger charge is -2.07. The van der Waals surface area contributed by atoms with Crippen LogP contribution in [0.2, 0.25) is 0 Å². The number of nitrogens with zero attached hydrogens (tertiary/aromatic N) is 2. The van der Waals surface area contributed by atoms with Crippen molar-refractivity contribution in [2.75, 3.05) is 6.54 Å². The third-order valence-corrected chi connectivity index (χ3v) is 5.35. The smallest absolute Gasteiger partial charge is 0.224 e. The van der Waals surface area contributed by atoms with Gasteiger partial charge in [-0.15, -0.1) is 0 Å². The van der Waals surface area contributed by atoms with Crippen LogP contribution in [-0.2, 0) is 17.6 Å². The van der Waals surface area contributed by atoms with E-state index in [1.807, 2.05) is 48.1 Å². The van der Waals surface area contributed by atoms with E-state index in [9.17, 15) is 4.79 Å². The molecule has 2 aromatic carbocycles. The molecular weight excluding hydrogens is 416 g/mol. The monoisotopic (exact) mass is 436 g/mol. The van der Waals surface area contributed by atoms with Gasteiger partial charge < -0.3 is 10.3 Å². The van der Waals surface area contributed by atoms with Gasteiger partial charge in [-0.05, 0) is 60.9 Å². The molecule has 4 aromatic rings. The van der Waals surface area contributed by atoms with Crippen molar-refractivity contribution in [1.82, 2.24) is 20.1 Å². The number of amides is 1. The van der Waals surface area contributed by atoms with Crippen LogP contribution in [0.5, 0.6) is 0 Å². The molecule has 0 fully saturated rings. The normalized spacial score (nSPS) is 11.1. The Bertz CT molecular complexity index is 1100. The Morgan fingerprint density at radius 2 is 2.04 bits per heavy atom. The summed E-state index contributed by atoms with van der Waals surface area (Å²) in [4.78, 5) is 15.8. The highest BCUT2D eigenvalue weighted by molar-refractivity contribution is 9.10. The zero-order chi connectivity index (χ0) is 19.5. The van der Waals surface area contributed by atoms with Gasteiger partial charge in [0.1, 0.15) is 0 Å². The lowest BCUT2D eigenvalue weighted by Crippen LogP contribution is -2.27. The second-order valence-corrected chi connectivity index (χ2v) is 7.73. The maximum absolute atomic E-state index is 12.4. The molecule has 0 aliphatic carbocycles. The fourth-order valence-corrected chi connectivity index (χ4v) is 3.75. The quantitative estimate of drug-likeness (QED) is 0.472. The van der Waals surface area contributed by atoms with Crippen LogP contribution >= 0.6 is 15.9 Å². The van der Waals surface area contributed by atoms with Gasteiger partial charge in [0.2, 0.25) is 5.91 Å². The van der Waals surface area contributed by atoms with Crippen LogP contribution in [0.3, 0.4) is 0 Å². The highest BCUT2D eigenvalue weighted by atomic mass is 79.9. The van der Waals surface area contributed by atoms with E-state index in [1.54, 1.807) is 6.20 Å². The Morgan fingerprint density at radius 3 is 2.79 bits per heavy atom. The molecule has 0 radical (unpaired) electrons. The minimum absolute atomic E-state index is 0.0390. The number of nitrogens with one attached hydrogen (secondary N) is 2. The molecule has 2 N–H and O–H groups in total. The van der Waals surface area contributed by atoms with Crippen molar-refractivity contribution in [3.8, 4) is 5.69 Å². The highest BCUT2D eigenvalue weighted by Gasteiger charge is 2.12. The molecule has 28 heavy (non-hydrogen) atoms. The fourth-order valence-electron chi connectivity index (χ4n) is 3.39. The number of aryl methyl sites for hydroxylation is 1. The summed E-state index contributed by atoms with van der Waals surface area (Å²) in [6.07, 6.45) is 4.85. The predicted octanol–water partition coefficient (Wildman–Crippen LogP) is 4.33. The molecule has 0 aliphatic rings. The summed E-state index contributed by atoms with van der Waals surface area (Å²) < 4.78 is 2.84. The van der Waals surface area contributed by atoms with Gasteiger partial charge in [0, 0.05) is 40.0 Å². The molecule has 0 spiro atoms. The third-order valence-electron chi connectivity index (χ3n) is 4.86. The van der Waals surface area contributed by atoms with E-state index in [4.69, 9.17) is 0 Å². The van der Waals surface area contributed by atoms with Crippen LogP contribution in [-0.4, -0.2) is 27.2 Å². The summed E-state index contributed by atoms with van der Waals surface area (Å²) in [5.74, 6) is 0.0390. The molecule has 0 bridgehead atoms. The first kappa shape index (κ1) is 18.5. The van der Waals surface area contributed by atoms with Gasteiger partial charge in [-0.1, -0.05) is 28.1 Å². The fraction of sp³-hybridized carbons (Fsp3) is 0.182. The lowest BCUT2D eigenvalue weighted by atomic mass is 10.1. The van der Waals surface area contributed by atoms with Gasteiger partial charge in [-0.25, -0.2) is 4.68 Å². The van der Waals surface area contributed by atoms with E-state index in [-0.39, 0.29) is 5.91 Å². The van der Waals surface area contributed by atoms with Gasteiger partial charge in [-0.3, -0.25) is 4.79 Å². The topological polar surface area (TPSA) is 62.7 Å². The summed E-state index contributed by atoms with van der Waals surface area (Å²) >= 11 is 3.51. The first-order valence-electron chi connectivity index (χ1n) is 9.22. The molecule has 142 valence electrons. The minimum atomic E-state index is 0.0390. The Kier molecular flexibility index (Phi) is 5.30. The van der Waals surface area contributed by atoms with Crippen molar-refractivity contribution in [1.29, 1.82) is 0 Å². The Hall–Kier alpha value is -2.86. The molecular formula is C22H21BrN4O. The number of aromatic amines is 1. The lowest BCUT2D eigenvalue weighted by molar-refractivity contribution is -0.120. The Labute approximate surface area is 171 Å². The van der Waals surface area contributed by atoms with E-state index in [2.05, 4.69) is 49.5 Å². The standard InChI is InChI=1S/C22H21BrN4O/c1-15-19(20-13-17(23)5-8-21(20)26-15)14-22(28)24-11-9-16-3-6-18(7-4-16)27-12-2-10-25-27/h2-8,10,12-13,26H,9,11,14H2,1H3,(H,24,28). The number of fused-ring (bicyclic) bond motifs is 1. The molecule has 0 aliphatic heterocycles. The molecule has 2 heterocycles. The minimum Gasteiger partial charge on any atom is -0.358 e. The van der Waals surface area contributed by atoms with Crippen LogP contribution in [0.4, 0.5) is 0 Å². The van der Waals surface area contributed by atoms with Crippen LogP contribution < -0.4 is 5.32 Å². The second kappa shape index (κ2) is 8.02. The highest BCUT2D eigenvalue weighted by Crippen LogP contribution is 2.26. The molecule has 0 unspecified atom stereocenters. The van der Waals surface area contributed by atoms with E-state index in [0.717, 1.165) is 38.7 Å². The Morgan fingerprint density at radius 1 is 1.21 bits per heavy atom. The number of carbonyl (C=O) groups excluding carboxylic acids is 1. The third kappa shape index (κ3) is 4.02. The number of hydrogen-bond donors (Lipinski definition) is 2. The van der Waals surface area contributed by atoms with Gasteiger partial charge in [0.25, 0.3) is 0 Å². The van der Waals surface area contributed by atoms with E-state index in [0.29, 0.717) is 13.0 Å². The number of halogens is 1. The average Bonchev–Trinajstić information content (AvgIpc) is 3.32. The SMILES string of the molecule is Cc1[nH]c2ccc(Br)cc2c1CC(=O)NCCc1ccc(-n2cccn2)cc1. The van der Waals surface area contributed by atoms with Crippen LogP contribution in [0.1, 0.15) is 16.8 Å². The molecule has 2 aromatic heterocycles. The van der Waals surface area contributed by atoms with Crippen molar-refractivity contribution >= 4 is 32.7 Å². The van der Waals surface area contributed by atoms with E-state index in [1.165, 1.54) is 5.56 Å². The molecule has 4 rings (SSSR count). The molecule has 0 atom stereocenters. The maximum atomic E-state index is 12.4. The van der Waals surface area contributed by atoms with Crippen molar-refractivity contribution < 1.29 is 4.79 Å². The van der Waals surface area contributed by atoms with Crippen molar-refractivity contribution in [3.63, 3.8) is 0 Å². The number of aromatic nitrogens is 3. The van der Waals surface area contributed by atoms with Crippen LogP contribution in [0.15, 0.2) is 65.4 Å². The molecule has 5 nitrogen and oxygen atoms in total. The van der Waals surface area contributed by atoms with Crippen LogP contribution in [0.25, 0.3) is 16.6 Å². The molecule has 0 saturated carbocycles. The van der Waals surface area contributed by atoms with E-state index < -0.39 is 0 Å². The van der Waals surface area contributed by atoms with E-state index >= 15 is 0 Å². The molecule has 1 amide bonds. The number of benzene rings is 2. The van der Waals surface area contributed by atoms with Crippen LogP contribution in [0, 0.1) is 6.92 Å². The van der Waals surface area contributed by atoms with Crippen molar-refractivity contribution in [2.24, 2.45) is 0 Å². The summed E-state index contributed by atoms with van der Waals surface area (Å²) in [6, 6.07) is 16.2. The van der Waals surface area contributed by atoms with Gasteiger partial charge >= 0.3 is 0 Å². The van der Waals surface area contributed by atoms with Gasteiger partial charge in [0.15, 0.2) is 0 Å². The number of hydrogen-bond acceptors (Lipinski definition) is 2. The molecule has 0 saturated heterocycles.